The van der Waals surface area contributed by atoms with E-state index in [1.807, 2.05) is 0 Å². The first-order valence-corrected chi connectivity index (χ1v) is 7.83. The van der Waals surface area contributed by atoms with E-state index in [9.17, 15) is 0 Å². The van der Waals surface area contributed by atoms with Crippen molar-refractivity contribution >= 4 is 0 Å². The van der Waals surface area contributed by atoms with E-state index in [4.69, 9.17) is 4.74 Å². The lowest BCUT2D eigenvalue weighted by Crippen LogP contribution is -2.20. The molecule has 0 aliphatic carbocycles. The van der Waals surface area contributed by atoms with Crippen molar-refractivity contribution < 1.29 is 4.74 Å². The van der Waals surface area contributed by atoms with Crippen LogP contribution in [0.3, 0.4) is 0 Å². The summed E-state index contributed by atoms with van der Waals surface area (Å²) >= 11 is 0. The van der Waals surface area contributed by atoms with Crippen LogP contribution in [-0.2, 0) is 16.6 Å². The molecule has 0 radical (unpaired) electrons. The molecule has 0 fully saturated rings. The monoisotopic (exact) mass is 277 g/mol. The van der Waals surface area contributed by atoms with Crippen molar-refractivity contribution in [2.24, 2.45) is 0 Å². The van der Waals surface area contributed by atoms with E-state index >= 15 is 0 Å². The maximum atomic E-state index is 5.00. The molecule has 0 unspecified atom stereocenters. The molecule has 0 heterocycles. The van der Waals surface area contributed by atoms with Crippen LogP contribution >= 0.6 is 0 Å². The zero-order valence-corrected chi connectivity index (χ0v) is 13.7. The van der Waals surface area contributed by atoms with Gasteiger partial charge in [-0.25, -0.2) is 0 Å². The number of rotatable bonds is 9. The third-order valence-electron chi connectivity index (χ3n) is 3.62. The molecule has 1 rings (SSSR count). The Balaban J connectivity index is 2.13. The van der Waals surface area contributed by atoms with E-state index in [1.54, 1.807) is 7.11 Å². The average molecular weight is 277 g/mol. The standard InChI is InChI=1S/C18H31NO/c1-18(2,3)17-11-9-16(10-12-17)8-6-5-7-13-19-14-15-20-4/h9-12,19H,5-8,13-15H2,1-4H3. The molecule has 1 aromatic rings. The zero-order chi connectivity index (χ0) is 14.8. The second-order valence-corrected chi connectivity index (χ2v) is 6.50. The van der Waals surface area contributed by atoms with Gasteiger partial charge in [-0.05, 0) is 42.3 Å². The first kappa shape index (κ1) is 17.2. The quantitative estimate of drug-likeness (QED) is 0.690. The molecule has 0 amide bonds. The first-order valence-electron chi connectivity index (χ1n) is 7.83. The molecule has 0 spiro atoms. The summed E-state index contributed by atoms with van der Waals surface area (Å²) in [6.07, 6.45) is 5.02. The fraction of sp³-hybridized carbons (Fsp3) is 0.667. The van der Waals surface area contributed by atoms with E-state index < -0.39 is 0 Å². The molecule has 0 saturated heterocycles. The Morgan fingerprint density at radius 1 is 0.950 bits per heavy atom. The molecule has 0 atom stereocenters. The molecule has 1 aromatic carbocycles. The summed E-state index contributed by atoms with van der Waals surface area (Å²) in [6, 6.07) is 9.14. The SMILES string of the molecule is COCCNCCCCCc1ccc(C(C)(C)C)cc1. The van der Waals surface area contributed by atoms with Gasteiger partial charge in [0.05, 0.1) is 6.61 Å². The number of methoxy groups -OCH3 is 1. The third kappa shape index (κ3) is 7.06. The summed E-state index contributed by atoms with van der Waals surface area (Å²) < 4.78 is 5.00. The van der Waals surface area contributed by atoms with Crippen molar-refractivity contribution in [1.29, 1.82) is 0 Å². The predicted octanol–water partition coefficient (Wildman–Crippen LogP) is 3.93. The van der Waals surface area contributed by atoms with Gasteiger partial charge in [0.2, 0.25) is 0 Å². The van der Waals surface area contributed by atoms with Gasteiger partial charge in [0, 0.05) is 13.7 Å². The van der Waals surface area contributed by atoms with Crippen molar-refractivity contribution in [3.8, 4) is 0 Å². The summed E-state index contributed by atoms with van der Waals surface area (Å²) in [5, 5.41) is 3.38. The van der Waals surface area contributed by atoms with Crippen LogP contribution in [0.5, 0.6) is 0 Å². The Morgan fingerprint density at radius 3 is 2.25 bits per heavy atom. The van der Waals surface area contributed by atoms with Crippen LogP contribution in [0.2, 0.25) is 0 Å². The second kappa shape index (κ2) is 9.15. The Labute approximate surface area is 124 Å². The second-order valence-electron chi connectivity index (χ2n) is 6.50. The van der Waals surface area contributed by atoms with Gasteiger partial charge in [0.1, 0.15) is 0 Å². The van der Waals surface area contributed by atoms with Crippen molar-refractivity contribution in [1.82, 2.24) is 5.32 Å². The van der Waals surface area contributed by atoms with Crippen molar-refractivity contribution in [2.45, 2.75) is 51.9 Å². The van der Waals surface area contributed by atoms with Crippen LogP contribution in [0.4, 0.5) is 0 Å². The minimum Gasteiger partial charge on any atom is -0.383 e. The summed E-state index contributed by atoms with van der Waals surface area (Å²) in [5.74, 6) is 0. The van der Waals surface area contributed by atoms with Gasteiger partial charge in [-0.15, -0.1) is 0 Å². The number of ether oxygens (including phenoxy) is 1. The van der Waals surface area contributed by atoms with Gasteiger partial charge in [0.25, 0.3) is 0 Å². The maximum Gasteiger partial charge on any atom is 0.0587 e. The van der Waals surface area contributed by atoms with Gasteiger partial charge in [-0.1, -0.05) is 51.5 Å². The molecule has 2 nitrogen and oxygen atoms in total. The highest BCUT2D eigenvalue weighted by atomic mass is 16.5. The molecule has 0 bridgehead atoms. The Kier molecular flexibility index (Phi) is 7.86. The number of hydrogen-bond acceptors (Lipinski definition) is 2. The molecular formula is C18H31NO. The van der Waals surface area contributed by atoms with E-state index in [-0.39, 0.29) is 5.41 Å². The molecular weight excluding hydrogens is 246 g/mol. The Hall–Kier alpha value is -0.860. The zero-order valence-electron chi connectivity index (χ0n) is 13.7. The highest BCUT2D eigenvalue weighted by molar-refractivity contribution is 5.27. The van der Waals surface area contributed by atoms with Gasteiger partial charge in [-0.2, -0.15) is 0 Å². The van der Waals surface area contributed by atoms with Crippen molar-refractivity contribution in [2.75, 3.05) is 26.8 Å². The number of hydrogen-bond donors (Lipinski definition) is 1. The van der Waals surface area contributed by atoms with E-state index in [2.05, 4.69) is 50.4 Å². The minimum atomic E-state index is 0.256. The van der Waals surface area contributed by atoms with Crippen molar-refractivity contribution in [3.63, 3.8) is 0 Å². The summed E-state index contributed by atoms with van der Waals surface area (Å²) in [6.45, 7) is 9.66. The summed E-state index contributed by atoms with van der Waals surface area (Å²) in [4.78, 5) is 0. The Bertz CT molecular complexity index is 351. The van der Waals surface area contributed by atoms with Crippen LogP contribution in [0.15, 0.2) is 24.3 Å². The first-order chi connectivity index (χ1) is 9.54. The van der Waals surface area contributed by atoms with Crippen LogP contribution in [0.1, 0.15) is 51.2 Å². The summed E-state index contributed by atoms with van der Waals surface area (Å²) in [7, 11) is 1.74. The molecule has 20 heavy (non-hydrogen) atoms. The highest BCUT2D eigenvalue weighted by Gasteiger charge is 2.12. The van der Waals surface area contributed by atoms with Gasteiger partial charge in [-0.3, -0.25) is 0 Å². The van der Waals surface area contributed by atoms with E-state index in [1.165, 1.54) is 36.8 Å². The lowest BCUT2D eigenvalue weighted by molar-refractivity contribution is 0.199. The fourth-order valence-corrected chi connectivity index (χ4v) is 2.23. The largest absolute Gasteiger partial charge is 0.383 e. The normalized spacial score (nSPS) is 11.8. The van der Waals surface area contributed by atoms with Gasteiger partial charge < -0.3 is 10.1 Å². The number of nitrogens with one attached hydrogen (secondary N) is 1. The molecule has 0 aromatic heterocycles. The topological polar surface area (TPSA) is 21.3 Å². The van der Waals surface area contributed by atoms with E-state index in [0.29, 0.717) is 0 Å². The minimum absolute atomic E-state index is 0.256. The molecule has 114 valence electrons. The van der Waals surface area contributed by atoms with Gasteiger partial charge in [0.15, 0.2) is 0 Å². The molecule has 1 N–H and O–H groups in total. The van der Waals surface area contributed by atoms with Crippen LogP contribution in [0, 0.1) is 0 Å². The van der Waals surface area contributed by atoms with Crippen LogP contribution in [-0.4, -0.2) is 26.8 Å². The molecule has 2 heteroatoms. The maximum absolute atomic E-state index is 5.00. The molecule has 0 aliphatic heterocycles. The van der Waals surface area contributed by atoms with Crippen LogP contribution < -0.4 is 5.32 Å². The lowest BCUT2D eigenvalue weighted by Gasteiger charge is -2.19. The number of benzene rings is 1. The third-order valence-corrected chi connectivity index (χ3v) is 3.62. The summed E-state index contributed by atoms with van der Waals surface area (Å²) in [5.41, 5.74) is 3.14. The van der Waals surface area contributed by atoms with E-state index in [0.717, 1.165) is 19.7 Å². The number of unbranched alkanes of at least 4 members (excludes halogenated alkanes) is 2. The smallest absolute Gasteiger partial charge is 0.0587 e. The number of aryl methyl sites for hydroxylation is 1. The fourth-order valence-electron chi connectivity index (χ4n) is 2.23. The Morgan fingerprint density at radius 2 is 1.65 bits per heavy atom. The van der Waals surface area contributed by atoms with Crippen molar-refractivity contribution in [3.05, 3.63) is 35.4 Å². The lowest BCUT2D eigenvalue weighted by atomic mass is 9.86. The average Bonchev–Trinajstić information content (AvgIpc) is 2.41. The van der Waals surface area contributed by atoms with Crippen LogP contribution in [0.25, 0.3) is 0 Å². The molecule has 0 aliphatic rings. The predicted molar refractivity (Wildman–Crippen MR) is 87.4 cm³/mol. The molecule has 0 saturated carbocycles. The highest BCUT2D eigenvalue weighted by Crippen LogP contribution is 2.22. The van der Waals surface area contributed by atoms with Gasteiger partial charge >= 0.3 is 0 Å².